The molecule has 0 atom stereocenters. The van der Waals surface area contributed by atoms with Gasteiger partial charge < -0.3 is 4.74 Å². The van der Waals surface area contributed by atoms with Gasteiger partial charge >= 0.3 is 6.09 Å². The van der Waals surface area contributed by atoms with Crippen LogP contribution in [0.4, 0.5) is 10.7 Å². The molecular formula is C17H20ClN3O2. The van der Waals surface area contributed by atoms with Crippen molar-refractivity contribution in [3.63, 3.8) is 0 Å². The molecule has 1 amide bonds. The van der Waals surface area contributed by atoms with Crippen LogP contribution in [0, 0.1) is 0 Å². The van der Waals surface area contributed by atoms with Crippen LogP contribution < -0.4 is 4.90 Å². The van der Waals surface area contributed by atoms with Gasteiger partial charge in [-0.25, -0.2) is 19.7 Å². The highest BCUT2D eigenvalue weighted by atomic mass is 35.5. The molecule has 0 aliphatic carbocycles. The fraction of sp³-hybridized carbons (Fsp3) is 0.353. The highest BCUT2D eigenvalue weighted by Gasteiger charge is 2.26. The second-order valence-electron chi connectivity index (χ2n) is 5.85. The van der Waals surface area contributed by atoms with Gasteiger partial charge in [0.15, 0.2) is 0 Å². The van der Waals surface area contributed by atoms with E-state index in [1.807, 2.05) is 32.0 Å². The van der Waals surface area contributed by atoms with Crippen molar-refractivity contribution >= 4 is 23.6 Å². The summed E-state index contributed by atoms with van der Waals surface area (Å²) >= 11 is 5.81. The summed E-state index contributed by atoms with van der Waals surface area (Å²) < 4.78 is 5.58. The Balaban J connectivity index is 1.94. The van der Waals surface area contributed by atoms with E-state index in [0.29, 0.717) is 6.42 Å². The first-order chi connectivity index (χ1) is 10.9. The van der Waals surface area contributed by atoms with E-state index in [1.54, 1.807) is 13.1 Å². The van der Waals surface area contributed by atoms with Crippen molar-refractivity contribution < 1.29 is 9.53 Å². The number of anilines is 1. The molecule has 0 unspecified atom stereocenters. The lowest BCUT2D eigenvalue weighted by atomic mass is 9.99. The van der Waals surface area contributed by atoms with E-state index in [-0.39, 0.29) is 11.1 Å². The molecule has 5 nitrogen and oxygen atoms in total. The third-order valence-electron chi connectivity index (χ3n) is 3.40. The van der Waals surface area contributed by atoms with Gasteiger partial charge in [0.2, 0.25) is 5.95 Å². The summed E-state index contributed by atoms with van der Waals surface area (Å²) in [5, 5.41) is 0.276. The quantitative estimate of drug-likeness (QED) is 0.772. The monoisotopic (exact) mass is 333 g/mol. The average Bonchev–Trinajstić information content (AvgIpc) is 2.53. The Morgan fingerprint density at radius 1 is 1.26 bits per heavy atom. The zero-order chi connectivity index (χ0) is 16.9. The van der Waals surface area contributed by atoms with Crippen LogP contribution in [-0.2, 0) is 11.2 Å². The van der Waals surface area contributed by atoms with E-state index in [2.05, 4.69) is 22.1 Å². The van der Waals surface area contributed by atoms with Gasteiger partial charge in [-0.15, -0.1) is 0 Å². The van der Waals surface area contributed by atoms with Gasteiger partial charge in [0, 0.05) is 13.2 Å². The fourth-order valence-electron chi connectivity index (χ4n) is 2.02. The minimum atomic E-state index is -0.597. The number of aryl methyl sites for hydroxylation is 1. The van der Waals surface area contributed by atoms with Gasteiger partial charge in [-0.2, -0.15) is 0 Å². The van der Waals surface area contributed by atoms with E-state index >= 15 is 0 Å². The first kappa shape index (κ1) is 17.2. The lowest BCUT2D eigenvalue weighted by Crippen LogP contribution is -2.37. The van der Waals surface area contributed by atoms with Gasteiger partial charge in [-0.1, -0.05) is 41.9 Å². The topological polar surface area (TPSA) is 55.3 Å². The number of benzene rings is 1. The van der Waals surface area contributed by atoms with Crippen molar-refractivity contribution in [1.29, 1.82) is 0 Å². The van der Waals surface area contributed by atoms with Crippen LogP contribution in [0.25, 0.3) is 0 Å². The predicted octanol–water partition coefficient (Wildman–Crippen LogP) is 4.11. The van der Waals surface area contributed by atoms with Gasteiger partial charge in [0.1, 0.15) is 10.8 Å². The summed E-state index contributed by atoms with van der Waals surface area (Å²) in [6, 6.07) is 11.6. The molecule has 0 N–H and O–H groups in total. The summed E-state index contributed by atoms with van der Waals surface area (Å²) in [5.41, 5.74) is 0.614. The molecule has 0 fully saturated rings. The average molecular weight is 334 g/mol. The normalized spacial score (nSPS) is 11.1. The Morgan fingerprint density at radius 2 is 1.96 bits per heavy atom. The number of rotatable bonds is 5. The summed E-state index contributed by atoms with van der Waals surface area (Å²) in [6.45, 7) is 3.78. The first-order valence-electron chi connectivity index (χ1n) is 7.36. The minimum absolute atomic E-state index is 0.210. The zero-order valence-corrected chi connectivity index (χ0v) is 14.2. The number of halogens is 1. The third kappa shape index (κ3) is 5.21. The van der Waals surface area contributed by atoms with Crippen molar-refractivity contribution in [2.24, 2.45) is 0 Å². The number of hydrogen-bond acceptors (Lipinski definition) is 4. The van der Waals surface area contributed by atoms with E-state index < -0.39 is 11.7 Å². The molecule has 1 aromatic carbocycles. The maximum atomic E-state index is 12.3. The van der Waals surface area contributed by atoms with Gasteiger partial charge in [0.25, 0.3) is 0 Å². The standard InChI is InChI=1S/C17H20ClN3O2/c1-17(2,11-9-13-7-5-4-6-8-13)23-16(22)21(3)15-19-12-10-14(18)20-15/h4-8,10,12H,9,11H2,1-3H3. The van der Waals surface area contributed by atoms with Crippen molar-refractivity contribution in [1.82, 2.24) is 9.97 Å². The maximum absolute atomic E-state index is 12.3. The SMILES string of the molecule is CN(C(=O)OC(C)(C)CCc1ccccc1)c1nccc(Cl)n1. The molecule has 0 bridgehead atoms. The number of nitrogens with zero attached hydrogens (tertiary/aromatic N) is 3. The second-order valence-corrected chi connectivity index (χ2v) is 6.24. The lowest BCUT2D eigenvalue weighted by molar-refractivity contribution is 0.0383. The smallest absolute Gasteiger partial charge is 0.416 e. The van der Waals surface area contributed by atoms with Crippen molar-refractivity contribution in [2.75, 3.05) is 11.9 Å². The first-order valence-corrected chi connectivity index (χ1v) is 7.74. The van der Waals surface area contributed by atoms with Crippen LogP contribution in [0.1, 0.15) is 25.8 Å². The van der Waals surface area contributed by atoms with Crippen molar-refractivity contribution in [3.8, 4) is 0 Å². The number of carbonyl (C=O) groups is 1. The fourth-order valence-corrected chi connectivity index (χ4v) is 2.15. The summed E-state index contributed by atoms with van der Waals surface area (Å²) in [4.78, 5) is 21.5. The number of amides is 1. The molecular weight excluding hydrogens is 314 g/mol. The molecule has 0 aliphatic rings. The molecule has 122 valence electrons. The molecule has 6 heteroatoms. The lowest BCUT2D eigenvalue weighted by Gasteiger charge is -2.27. The molecule has 23 heavy (non-hydrogen) atoms. The Labute approximate surface area is 141 Å². The number of ether oxygens (including phenoxy) is 1. The van der Waals surface area contributed by atoms with Crippen LogP contribution in [0.3, 0.4) is 0 Å². The Hall–Kier alpha value is -2.14. The van der Waals surface area contributed by atoms with Crippen molar-refractivity contribution in [2.45, 2.75) is 32.3 Å². The van der Waals surface area contributed by atoms with Gasteiger partial charge in [-0.3, -0.25) is 0 Å². The Bertz CT molecular complexity index is 662. The minimum Gasteiger partial charge on any atom is -0.443 e. The van der Waals surface area contributed by atoms with Crippen LogP contribution in [0.5, 0.6) is 0 Å². The van der Waals surface area contributed by atoms with Gasteiger partial charge in [0.05, 0.1) is 0 Å². The van der Waals surface area contributed by atoms with Crippen LogP contribution >= 0.6 is 11.6 Å². The van der Waals surface area contributed by atoms with Crippen molar-refractivity contribution in [3.05, 3.63) is 53.3 Å². The van der Waals surface area contributed by atoms with Crippen LogP contribution in [-0.4, -0.2) is 28.7 Å². The zero-order valence-electron chi connectivity index (χ0n) is 13.5. The van der Waals surface area contributed by atoms with E-state index in [0.717, 1.165) is 6.42 Å². The predicted molar refractivity (Wildman–Crippen MR) is 90.8 cm³/mol. The summed E-state index contributed by atoms with van der Waals surface area (Å²) in [5.74, 6) is 0.210. The highest BCUT2D eigenvalue weighted by Crippen LogP contribution is 2.20. The summed E-state index contributed by atoms with van der Waals surface area (Å²) in [6.07, 6.45) is 2.53. The number of aromatic nitrogens is 2. The van der Waals surface area contributed by atoms with Crippen LogP contribution in [0.2, 0.25) is 5.15 Å². The second kappa shape index (κ2) is 7.42. The molecule has 0 saturated heterocycles. The van der Waals surface area contributed by atoms with E-state index in [1.165, 1.54) is 16.7 Å². The largest absolute Gasteiger partial charge is 0.443 e. The Kier molecular flexibility index (Phi) is 5.55. The molecule has 2 aromatic rings. The Morgan fingerprint density at radius 3 is 2.61 bits per heavy atom. The molecule has 1 aromatic heterocycles. The highest BCUT2D eigenvalue weighted by molar-refractivity contribution is 6.29. The summed E-state index contributed by atoms with van der Waals surface area (Å²) in [7, 11) is 1.56. The van der Waals surface area contributed by atoms with E-state index in [9.17, 15) is 4.79 Å². The molecule has 0 saturated carbocycles. The third-order valence-corrected chi connectivity index (χ3v) is 3.62. The van der Waals surface area contributed by atoms with Crippen LogP contribution in [0.15, 0.2) is 42.6 Å². The molecule has 1 heterocycles. The molecule has 0 aliphatic heterocycles. The number of carbonyl (C=O) groups excluding carboxylic acids is 1. The molecule has 0 radical (unpaired) electrons. The maximum Gasteiger partial charge on any atom is 0.416 e. The molecule has 2 rings (SSSR count). The van der Waals surface area contributed by atoms with E-state index in [4.69, 9.17) is 16.3 Å². The van der Waals surface area contributed by atoms with Gasteiger partial charge in [-0.05, 0) is 38.3 Å². The molecule has 0 spiro atoms. The number of hydrogen-bond donors (Lipinski definition) is 0.